The molecule has 0 aliphatic rings. The Morgan fingerprint density at radius 2 is 0.695 bits per heavy atom. The minimum Gasteiger partial charge on any atom is -0.756 e. The molecule has 0 amide bonds. The van der Waals surface area contributed by atoms with E-state index in [1.54, 1.807) is 0 Å². The van der Waals surface area contributed by atoms with Gasteiger partial charge in [-0.1, -0.05) is 299 Å². The molecule has 10 heteroatoms. The Labute approximate surface area is 508 Å². The molecular formula is C72H132NO8P. The second-order valence-electron chi connectivity index (χ2n) is 24.5. The number of unbranched alkanes of at least 4 members (excludes halogenated alkanes) is 38. The number of esters is 2. The number of ether oxygens (including phenoxy) is 2. The zero-order valence-corrected chi connectivity index (χ0v) is 55.3. The van der Waals surface area contributed by atoms with Gasteiger partial charge in [0.2, 0.25) is 0 Å². The molecule has 2 atom stereocenters. The molecule has 0 aromatic rings. The van der Waals surface area contributed by atoms with Gasteiger partial charge in [-0.05, 0) is 83.5 Å². The summed E-state index contributed by atoms with van der Waals surface area (Å²) in [6.45, 7) is 4.17. The highest BCUT2D eigenvalue weighted by atomic mass is 31.2. The van der Waals surface area contributed by atoms with Crippen LogP contribution in [0.5, 0.6) is 0 Å². The topological polar surface area (TPSA) is 111 Å². The number of likely N-dealkylation sites (N-methyl/N-ethyl adjacent to an activating group) is 1. The molecule has 0 aliphatic carbocycles. The largest absolute Gasteiger partial charge is 0.756 e. The molecular weight excluding hydrogens is 1040 g/mol. The van der Waals surface area contributed by atoms with Gasteiger partial charge in [0.25, 0.3) is 7.82 Å². The third-order valence-corrected chi connectivity index (χ3v) is 16.2. The van der Waals surface area contributed by atoms with Crippen molar-refractivity contribution in [3.8, 4) is 0 Å². The molecule has 0 aromatic heterocycles. The van der Waals surface area contributed by atoms with Crippen molar-refractivity contribution in [2.75, 3.05) is 47.5 Å². The SMILES string of the molecule is CC/C=C\C/C=C\C/C=C\C/C=C\C/C=C\CCCCCCCCCCCCCCCCCCCCCCCC(=O)OC(COC(=O)CCCCCCCCCCC/C=C\CCCCCCCCCC)COP(=O)([O-])OCC[N+](C)(C)C. The maximum Gasteiger partial charge on any atom is 0.306 e. The molecule has 82 heavy (non-hydrogen) atoms. The van der Waals surface area contributed by atoms with E-state index in [0.29, 0.717) is 17.4 Å². The molecule has 0 fully saturated rings. The average molecular weight is 1170 g/mol. The molecule has 0 aliphatic heterocycles. The van der Waals surface area contributed by atoms with E-state index in [0.717, 1.165) is 70.6 Å². The number of phosphoric ester groups is 1. The van der Waals surface area contributed by atoms with Crippen LogP contribution in [0.15, 0.2) is 72.9 Å². The number of phosphoric acid groups is 1. The molecule has 0 saturated heterocycles. The summed E-state index contributed by atoms with van der Waals surface area (Å²) in [7, 11) is 1.18. The first-order chi connectivity index (χ1) is 40.0. The fraction of sp³-hybridized carbons (Fsp3) is 0.806. The second-order valence-corrected chi connectivity index (χ2v) is 25.9. The summed E-state index contributed by atoms with van der Waals surface area (Å²) in [6, 6.07) is 0. The van der Waals surface area contributed by atoms with Crippen LogP contribution < -0.4 is 4.89 Å². The molecule has 9 nitrogen and oxygen atoms in total. The highest BCUT2D eigenvalue weighted by Crippen LogP contribution is 2.38. The van der Waals surface area contributed by atoms with Crippen LogP contribution in [0.25, 0.3) is 0 Å². The van der Waals surface area contributed by atoms with E-state index in [9.17, 15) is 19.0 Å². The van der Waals surface area contributed by atoms with E-state index in [-0.39, 0.29) is 32.0 Å². The van der Waals surface area contributed by atoms with Crippen molar-refractivity contribution in [2.24, 2.45) is 0 Å². The lowest BCUT2D eigenvalue weighted by atomic mass is 10.0. The normalized spacial score (nSPS) is 13.6. The Balaban J connectivity index is 3.98. The molecule has 0 N–H and O–H groups in total. The molecule has 0 heterocycles. The quantitative estimate of drug-likeness (QED) is 0.0195. The van der Waals surface area contributed by atoms with Gasteiger partial charge in [-0.2, -0.15) is 0 Å². The predicted molar refractivity (Wildman–Crippen MR) is 351 cm³/mol. The first kappa shape index (κ1) is 79.5. The molecule has 0 rings (SSSR count). The summed E-state index contributed by atoms with van der Waals surface area (Å²) in [5, 5.41) is 0. The van der Waals surface area contributed by atoms with Gasteiger partial charge in [0.05, 0.1) is 27.7 Å². The average Bonchev–Trinajstić information content (AvgIpc) is 3.46. The Hall–Kier alpha value is -2.55. The van der Waals surface area contributed by atoms with Crippen LogP contribution >= 0.6 is 7.82 Å². The lowest BCUT2D eigenvalue weighted by Crippen LogP contribution is -2.37. The van der Waals surface area contributed by atoms with Crippen molar-refractivity contribution in [1.29, 1.82) is 0 Å². The lowest BCUT2D eigenvalue weighted by Gasteiger charge is -2.28. The second kappa shape index (κ2) is 63.0. The molecule has 0 radical (unpaired) electrons. The number of quaternary nitrogens is 1. The van der Waals surface area contributed by atoms with Crippen LogP contribution in [0.3, 0.4) is 0 Å². The molecule has 0 saturated carbocycles. The highest BCUT2D eigenvalue weighted by molar-refractivity contribution is 7.45. The first-order valence-corrected chi connectivity index (χ1v) is 36.1. The Morgan fingerprint density at radius 1 is 0.390 bits per heavy atom. The van der Waals surface area contributed by atoms with Crippen molar-refractivity contribution in [3.05, 3.63) is 72.9 Å². The molecule has 478 valence electrons. The van der Waals surface area contributed by atoms with Crippen LogP contribution in [0, 0.1) is 0 Å². The van der Waals surface area contributed by atoms with Crippen LogP contribution in [-0.2, 0) is 32.7 Å². The summed E-state index contributed by atoms with van der Waals surface area (Å²) >= 11 is 0. The Kier molecular flexibility index (Phi) is 61.0. The fourth-order valence-electron chi connectivity index (χ4n) is 9.92. The third-order valence-electron chi connectivity index (χ3n) is 15.2. The van der Waals surface area contributed by atoms with Gasteiger partial charge in [-0.3, -0.25) is 14.2 Å². The van der Waals surface area contributed by atoms with E-state index in [1.807, 2.05) is 21.1 Å². The van der Waals surface area contributed by atoms with Crippen LogP contribution in [0.4, 0.5) is 0 Å². The van der Waals surface area contributed by atoms with Crippen molar-refractivity contribution < 1.29 is 42.1 Å². The third kappa shape index (κ3) is 66.6. The monoisotopic (exact) mass is 1170 g/mol. The minimum absolute atomic E-state index is 0.0305. The number of allylic oxidation sites excluding steroid dienone is 12. The van der Waals surface area contributed by atoms with E-state index in [2.05, 4.69) is 86.8 Å². The minimum atomic E-state index is -4.64. The number of rotatable bonds is 64. The van der Waals surface area contributed by atoms with Crippen LogP contribution in [0.1, 0.15) is 322 Å². The van der Waals surface area contributed by atoms with Crippen LogP contribution in [0.2, 0.25) is 0 Å². The standard InChI is InChI=1S/C72H132NO8P/c1-6-8-10-12-14-16-18-20-22-24-26-28-29-30-31-32-33-34-35-36-37-38-39-40-41-42-43-45-47-49-51-53-55-57-59-61-63-65-72(75)81-70(69-80-82(76,77)79-67-66-73(3,4)5)68-78-71(74)64-62-60-58-56-54-52-50-48-46-44-27-25-23-21-19-17-15-13-11-9-7-2/h8,10,14,16,20,22,25-28,30-31,70H,6-7,9,11-13,15,17-19,21,23-24,29,32-69H2,1-5H3/b10-8-,16-14-,22-20-,27-25-,28-26-,31-30-. The molecule has 0 bridgehead atoms. The summed E-state index contributed by atoms with van der Waals surface area (Å²) in [5.41, 5.74) is 0. The van der Waals surface area contributed by atoms with Gasteiger partial charge in [0.15, 0.2) is 6.10 Å². The highest BCUT2D eigenvalue weighted by Gasteiger charge is 2.22. The van der Waals surface area contributed by atoms with Gasteiger partial charge in [0, 0.05) is 12.8 Å². The summed E-state index contributed by atoms with van der Waals surface area (Å²) in [5.74, 6) is -0.821. The number of carbonyl (C=O) groups excluding carboxylic acids is 2. The molecule has 2 unspecified atom stereocenters. The van der Waals surface area contributed by atoms with Gasteiger partial charge in [-0.15, -0.1) is 0 Å². The van der Waals surface area contributed by atoms with Crippen molar-refractivity contribution in [2.45, 2.75) is 328 Å². The smallest absolute Gasteiger partial charge is 0.306 e. The summed E-state index contributed by atoms with van der Waals surface area (Å²) in [4.78, 5) is 38.0. The maximum atomic E-state index is 12.9. The first-order valence-electron chi connectivity index (χ1n) is 34.6. The zero-order valence-electron chi connectivity index (χ0n) is 54.4. The fourth-order valence-corrected chi connectivity index (χ4v) is 10.6. The predicted octanol–water partition coefficient (Wildman–Crippen LogP) is 21.8. The maximum absolute atomic E-state index is 12.9. The van der Waals surface area contributed by atoms with Gasteiger partial charge < -0.3 is 27.9 Å². The van der Waals surface area contributed by atoms with Gasteiger partial charge >= 0.3 is 11.9 Å². The number of hydrogen-bond donors (Lipinski definition) is 0. The summed E-state index contributed by atoms with van der Waals surface area (Å²) < 4.78 is 34.3. The summed E-state index contributed by atoms with van der Waals surface area (Å²) in [6.07, 6.45) is 84.1. The molecule has 0 spiro atoms. The van der Waals surface area contributed by atoms with Crippen molar-refractivity contribution in [3.63, 3.8) is 0 Å². The van der Waals surface area contributed by atoms with E-state index in [1.165, 1.54) is 218 Å². The number of carbonyl (C=O) groups is 2. The van der Waals surface area contributed by atoms with Gasteiger partial charge in [0.1, 0.15) is 19.8 Å². The van der Waals surface area contributed by atoms with E-state index < -0.39 is 26.5 Å². The zero-order chi connectivity index (χ0) is 59.8. The van der Waals surface area contributed by atoms with Crippen molar-refractivity contribution >= 4 is 19.8 Å². The molecule has 0 aromatic carbocycles. The number of hydrogen-bond acceptors (Lipinski definition) is 8. The lowest BCUT2D eigenvalue weighted by molar-refractivity contribution is -0.870. The Morgan fingerprint density at radius 3 is 1.05 bits per heavy atom. The van der Waals surface area contributed by atoms with E-state index in [4.69, 9.17) is 18.5 Å². The van der Waals surface area contributed by atoms with Gasteiger partial charge in [-0.25, -0.2) is 0 Å². The number of nitrogens with zero attached hydrogens (tertiary/aromatic N) is 1. The van der Waals surface area contributed by atoms with Crippen molar-refractivity contribution in [1.82, 2.24) is 0 Å². The van der Waals surface area contributed by atoms with Crippen LogP contribution in [-0.4, -0.2) is 70.0 Å². The van der Waals surface area contributed by atoms with E-state index >= 15 is 0 Å². The Bertz CT molecular complexity index is 1610.